The van der Waals surface area contributed by atoms with Gasteiger partial charge in [-0.2, -0.15) is 4.68 Å². The van der Waals surface area contributed by atoms with Gasteiger partial charge in [-0.05, 0) is 54.1 Å². The molecule has 0 atom stereocenters. The minimum Gasteiger partial charge on any atom is -0.497 e. The van der Waals surface area contributed by atoms with Gasteiger partial charge in [0.15, 0.2) is 0 Å². The van der Waals surface area contributed by atoms with Crippen molar-refractivity contribution in [2.24, 2.45) is 0 Å². The summed E-state index contributed by atoms with van der Waals surface area (Å²) >= 11 is 0. The Labute approximate surface area is 196 Å². The van der Waals surface area contributed by atoms with E-state index in [4.69, 9.17) is 14.2 Å². The standard InChI is InChI=1S/C26H23N3O5/c1-32-22-12-6-18(7-13-22)17-34-24-14-15-25(30)29(28-24)21-10-8-19(9-11-21)26(31)27-20-4-3-5-23(16-20)33-2/h3-16H,17H2,1-2H3,(H,27,31). The zero-order chi connectivity index (χ0) is 23.9. The molecule has 0 bridgehead atoms. The molecule has 8 heteroatoms. The van der Waals surface area contributed by atoms with E-state index < -0.39 is 0 Å². The summed E-state index contributed by atoms with van der Waals surface area (Å²) in [7, 11) is 3.17. The second-order valence-corrected chi connectivity index (χ2v) is 7.29. The van der Waals surface area contributed by atoms with Crippen LogP contribution in [0.25, 0.3) is 5.69 Å². The van der Waals surface area contributed by atoms with Crippen LogP contribution in [0, 0.1) is 0 Å². The molecule has 0 aliphatic heterocycles. The van der Waals surface area contributed by atoms with E-state index in [1.54, 1.807) is 62.8 Å². The lowest BCUT2D eigenvalue weighted by Crippen LogP contribution is -2.20. The number of methoxy groups -OCH3 is 2. The zero-order valence-electron chi connectivity index (χ0n) is 18.7. The summed E-state index contributed by atoms with van der Waals surface area (Å²) in [6, 6.07) is 24.1. The molecule has 0 aliphatic rings. The lowest BCUT2D eigenvalue weighted by molar-refractivity contribution is 0.102. The molecule has 34 heavy (non-hydrogen) atoms. The molecule has 0 saturated heterocycles. The third kappa shape index (κ3) is 5.42. The molecule has 0 radical (unpaired) electrons. The van der Waals surface area contributed by atoms with E-state index in [0.717, 1.165) is 11.3 Å². The van der Waals surface area contributed by atoms with Crippen molar-refractivity contribution >= 4 is 11.6 Å². The Morgan fingerprint density at radius 3 is 2.32 bits per heavy atom. The van der Waals surface area contributed by atoms with Crippen LogP contribution in [0.5, 0.6) is 17.4 Å². The fraction of sp³-hybridized carbons (Fsp3) is 0.115. The van der Waals surface area contributed by atoms with E-state index in [9.17, 15) is 9.59 Å². The number of anilines is 1. The normalized spacial score (nSPS) is 10.4. The number of rotatable bonds is 8. The minimum absolute atomic E-state index is 0.281. The molecular weight excluding hydrogens is 434 g/mol. The molecule has 3 aromatic carbocycles. The van der Waals surface area contributed by atoms with Gasteiger partial charge >= 0.3 is 0 Å². The largest absolute Gasteiger partial charge is 0.497 e. The number of aromatic nitrogens is 2. The maximum Gasteiger partial charge on any atom is 0.271 e. The molecular formula is C26H23N3O5. The van der Waals surface area contributed by atoms with Crippen molar-refractivity contribution in [3.8, 4) is 23.1 Å². The van der Waals surface area contributed by atoms with Gasteiger partial charge in [-0.3, -0.25) is 9.59 Å². The fourth-order valence-corrected chi connectivity index (χ4v) is 3.19. The van der Waals surface area contributed by atoms with E-state index in [1.165, 1.54) is 16.8 Å². The van der Waals surface area contributed by atoms with E-state index in [1.807, 2.05) is 24.3 Å². The molecule has 4 rings (SSSR count). The van der Waals surface area contributed by atoms with Crippen LogP contribution in [-0.2, 0) is 6.61 Å². The first-order valence-corrected chi connectivity index (χ1v) is 10.5. The van der Waals surface area contributed by atoms with E-state index >= 15 is 0 Å². The highest BCUT2D eigenvalue weighted by Crippen LogP contribution is 2.18. The molecule has 0 spiro atoms. The van der Waals surface area contributed by atoms with Crippen molar-refractivity contribution in [2.75, 3.05) is 19.5 Å². The van der Waals surface area contributed by atoms with Crippen LogP contribution in [-0.4, -0.2) is 29.9 Å². The van der Waals surface area contributed by atoms with Crippen molar-refractivity contribution < 1.29 is 19.0 Å². The van der Waals surface area contributed by atoms with Crippen LogP contribution >= 0.6 is 0 Å². The lowest BCUT2D eigenvalue weighted by atomic mass is 10.2. The summed E-state index contributed by atoms with van der Waals surface area (Å²) in [5.41, 5.74) is 2.19. The first-order chi connectivity index (χ1) is 16.6. The van der Waals surface area contributed by atoms with E-state index in [0.29, 0.717) is 35.2 Å². The average Bonchev–Trinajstić information content (AvgIpc) is 2.88. The highest BCUT2D eigenvalue weighted by atomic mass is 16.5. The SMILES string of the molecule is COc1ccc(COc2ccc(=O)n(-c3ccc(C(=O)Nc4cccc(OC)c4)cc3)n2)cc1. The summed E-state index contributed by atoms with van der Waals surface area (Å²) in [6.07, 6.45) is 0. The number of amides is 1. The molecule has 0 fully saturated rings. The van der Waals surface area contributed by atoms with Gasteiger partial charge in [-0.1, -0.05) is 18.2 Å². The second-order valence-electron chi connectivity index (χ2n) is 7.29. The lowest BCUT2D eigenvalue weighted by Gasteiger charge is -2.10. The Morgan fingerprint density at radius 1 is 0.882 bits per heavy atom. The van der Waals surface area contributed by atoms with E-state index in [-0.39, 0.29) is 11.5 Å². The summed E-state index contributed by atoms with van der Waals surface area (Å²) < 4.78 is 17.3. The maximum absolute atomic E-state index is 12.6. The Bertz CT molecular complexity index is 1330. The van der Waals surface area contributed by atoms with Gasteiger partial charge < -0.3 is 19.5 Å². The number of carbonyl (C=O) groups excluding carboxylic acids is 1. The Balaban J connectivity index is 1.46. The zero-order valence-corrected chi connectivity index (χ0v) is 18.7. The predicted molar refractivity (Wildman–Crippen MR) is 128 cm³/mol. The van der Waals surface area contributed by atoms with Crippen LogP contribution in [0.4, 0.5) is 5.69 Å². The number of hydrogen-bond acceptors (Lipinski definition) is 6. The molecule has 4 aromatic rings. The van der Waals surface area contributed by atoms with E-state index in [2.05, 4.69) is 10.4 Å². The monoisotopic (exact) mass is 457 g/mol. The van der Waals surface area contributed by atoms with Crippen molar-refractivity contribution in [1.82, 2.24) is 9.78 Å². The molecule has 8 nitrogen and oxygen atoms in total. The van der Waals surface area contributed by atoms with Crippen molar-refractivity contribution in [1.29, 1.82) is 0 Å². The first-order valence-electron chi connectivity index (χ1n) is 10.5. The summed E-state index contributed by atoms with van der Waals surface area (Å²) in [6.45, 7) is 0.290. The van der Waals surface area contributed by atoms with Gasteiger partial charge in [-0.15, -0.1) is 5.10 Å². The van der Waals surface area contributed by atoms with Crippen LogP contribution in [0.1, 0.15) is 15.9 Å². The molecule has 0 saturated carbocycles. The molecule has 1 aromatic heterocycles. The third-order valence-corrected chi connectivity index (χ3v) is 5.02. The molecule has 1 heterocycles. The highest BCUT2D eigenvalue weighted by molar-refractivity contribution is 6.04. The van der Waals surface area contributed by atoms with Crippen LogP contribution < -0.4 is 25.1 Å². The number of carbonyl (C=O) groups is 1. The van der Waals surface area contributed by atoms with Crippen molar-refractivity contribution in [3.63, 3.8) is 0 Å². The molecule has 1 N–H and O–H groups in total. The van der Waals surface area contributed by atoms with Gasteiger partial charge in [0.1, 0.15) is 18.1 Å². The molecule has 0 aliphatic carbocycles. The molecule has 172 valence electrons. The number of benzene rings is 3. The van der Waals surface area contributed by atoms with Gasteiger partial charge in [0.25, 0.3) is 11.5 Å². The summed E-state index contributed by atoms with van der Waals surface area (Å²) in [4.78, 5) is 25.0. The second kappa shape index (κ2) is 10.4. The predicted octanol–water partition coefficient (Wildman–Crippen LogP) is 4.08. The van der Waals surface area contributed by atoms with Crippen molar-refractivity contribution in [3.05, 3.63) is 106 Å². The van der Waals surface area contributed by atoms with Crippen LogP contribution in [0.15, 0.2) is 89.7 Å². The Hall–Kier alpha value is -4.59. The highest BCUT2D eigenvalue weighted by Gasteiger charge is 2.09. The van der Waals surface area contributed by atoms with Crippen molar-refractivity contribution in [2.45, 2.75) is 6.61 Å². The number of ether oxygens (including phenoxy) is 3. The van der Waals surface area contributed by atoms with Gasteiger partial charge in [-0.25, -0.2) is 0 Å². The minimum atomic E-state index is -0.314. The fourth-order valence-electron chi connectivity index (χ4n) is 3.19. The quantitative estimate of drug-likeness (QED) is 0.429. The topological polar surface area (TPSA) is 91.7 Å². The average molecular weight is 457 g/mol. The van der Waals surface area contributed by atoms with Crippen LogP contribution in [0.2, 0.25) is 0 Å². The smallest absolute Gasteiger partial charge is 0.271 e. The number of nitrogens with zero attached hydrogens (tertiary/aromatic N) is 2. The maximum atomic E-state index is 12.6. The first kappa shape index (κ1) is 22.6. The summed E-state index contributed by atoms with van der Waals surface area (Å²) in [5.74, 6) is 1.43. The third-order valence-electron chi connectivity index (χ3n) is 5.02. The Kier molecular flexibility index (Phi) is 6.88. The molecule has 0 unspecified atom stereocenters. The van der Waals surface area contributed by atoms with Gasteiger partial charge in [0.2, 0.25) is 5.88 Å². The van der Waals surface area contributed by atoms with Crippen LogP contribution in [0.3, 0.4) is 0 Å². The Morgan fingerprint density at radius 2 is 1.62 bits per heavy atom. The number of hydrogen-bond donors (Lipinski definition) is 1. The van der Waals surface area contributed by atoms with Gasteiger partial charge in [0.05, 0.1) is 19.9 Å². The number of nitrogens with one attached hydrogen (secondary N) is 1. The molecule has 1 amide bonds. The van der Waals surface area contributed by atoms with Gasteiger partial charge in [0, 0.05) is 29.4 Å². The summed E-state index contributed by atoms with van der Waals surface area (Å²) in [5, 5.41) is 7.12.